The summed E-state index contributed by atoms with van der Waals surface area (Å²) < 4.78 is 16.2. The van der Waals surface area contributed by atoms with Crippen LogP contribution in [0, 0.1) is 18.7 Å². The average Bonchev–Trinajstić information content (AvgIpc) is 3.27. The van der Waals surface area contributed by atoms with Crippen LogP contribution in [0.15, 0.2) is 67.0 Å². The van der Waals surface area contributed by atoms with Crippen LogP contribution in [-0.2, 0) is 16.1 Å². The molecule has 2 amide bonds. The number of fused-ring (bicyclic) bond motifs is 1. The zero-order chi connectivity index (χ0) is 25.7. The van der Waals surface area contributed by atoms with Crippen LogP contribution < -0.4 is 10.2 Å². The Hall–Kier alpha value is -4.14. The summed E-state index contributed by atoms with van der Waals surface area (Å²) in [7, 11) is 0. The second kappa shape index (κ2) is 11.1. The van der Waals surface area contributed by atoms with Crippen LogP contribution in [0.1, 0.15) is 37.4 Å². The number of anilines is 1. The highest BCUT2D eigenvalue weighted by molar-refractivity contribution is 6.01. The zero-order valence-electron chi connectivity index (χ0n) is 20.6. The van der Waals surface area contributed by atoms with Gasteiger partial charge in [-0.05, 0) is 66.8 Å². The van der Waals surface area contributed by atoms with E-state index in [0.717, 1.165) is 6.42 Å². The summed E-state index contributed by atoms with van der Waals surface area (Å²) in [5, 5.41) is 11.2. The van der Waals surface area contributed by atoms with Gasteiger partial charge in [-0.2, -0.15) is 0 Å². The van der Waals surface area contributed by atoms with Gasteiger partial charge in [-0.25, -0.2) is 9.07 Å². The molecule has 1 atom stereocenters. The molecule has 0 aliphatic rings. The molecule has 8 nitrogen and oxygen atoms in total. The van der Waals surface area contributed by atoms with E-state index in [4.69, 9.17) is 0 Å². The van der Waals surface area contributed by atoms with Crippen molar-refractivity contribution in [3.8, 4) is 0 Å². The van der Waals surface area contributed by atoms with Crippen LogP contribution in [0.5, 0.6) is 0 Å². The number of benzene rings is 2. The molecular weight excluding hydrogens is 459 g/mol. The fourth-order valence-electron chi connectivity index (χ4n) is 3.95. The lowest BCUT2D eigenvalue weighted by molar-refractivity contribution is -0.127. The molecule has 0 fully saturated rings. The number of pyridine rings is 1. The molecule has 4 aromatic rings. The Labute approximate surface area is 209 Å². The molecule has 9 heteroatoms. The first-order chi connectivity index (χ1) is 17.3. The van der Waals surface area contributed by atoms with Gasteiger partial charge in [0.25, 0.3) is 0 Å². The number of rotatable bonds is 9. The minimum atomic E-state index is -1.04. The predicted molar refractivity (Wildman–Crippen MR) is 136 cm³/mol. The molecule has 0 saturated carbocycles. The fraction of sp³-hybridized carbons (Fsp3) is 0.296. The minimum absolute atomic E-state index is 0.184. The normalized spacial score (nSPS) is 12.0. The van der Waals surface area contributed by atoms with Gasteiger partial charge in [0.15, 0.2) is 0 Å². The number of hydrogen-bond donors (Lipinski definition) is 1. The van der Waals surface area contributed by atoms with Crippen molar-refractivity contribution in [2.75, 3.05) is 11.4 Å². The Kier molecular flexibility index (Phi) is 7.68. The van der Waals surface area contributed by atoms with Crippen LogP contribution in [0.2, 0.25) is 0 Å². The van der Waals surface area contributed by atoms with E-state index in [2.05, 4.69) is 34.5 Å². The van der Waals surface area contributed by atoms with Crippen LogP contribution in [0.3, 0.4) is 0 Å². The third kappa shape index (κ3) is 5.56. The average molecular weight is 489 g/mol. The first-order valence-corrected chi connectivity index (χ1v) is 11.9. The molecule has 1 N–H and O–H groups in total. The highest BCUT2D eigenvalue weighted by Crippen LogP contribution is 2.30. The van der Waals surface area contributed by atoms with Gasteiger partial charge in [0.1, 0.15) is 23.9 Å². The minimum Gasteiger partial charge on any atom is -0.354 e. The Morgan fingerprint density at radius 3 is 2.56 bits per heavy atom. The van der Waals surface area contributed by atoms with Gasteiger partial charge in [0, 0.05) is 24.6 Å². The Morgan fingerprint density at radius 2 is 1.83 bits per heavy atom. The third-order valence-electron chi connectivity index (χ3n) is 5.96. The van der Waals surface area contributed by atoms with Gasteiger partial charge >= 0.3 is 0 Å². The number of para-hydroxylation sites is 1. The highest BCUT2D eigenvalue weighted by Gasteiger charge is 2.33. The molecule has 1 unspecified atom stereocenters. The van der Waals surface area contributed by atoms with Crippen molar-refractivity contribution in [3.63, 3.8) is 0 Å². The quantitative estimate of drug-likeness (QED) is 0.381. The van der Waals surface area contributed by atoms with E-state index in [-0.39, 0.29) is 18.1 Å². The molecule has 0 aliphatic heterocycles. The zero-order valence-corrected chi connectivity index (χ0v) is 20.6. The summed E-state index contributed by atoms with van der Waals surface area (Å²) >= 11 is 0. The van der Waals surface area contributed by atoms with Gasteiger partial charge in [0.05, 0.1) is 5.52 Å². The number of aromatic nitrogens is 4. The first kappa shape index (κ1) is 25.0. The summed E-state index contributed by atoms with van der Waals surface area (Å²) in [6.07, 6.45) is 3.91. The largest absolute Gasteiger partial charge is 0.354 e. The van der Waals surface area contributed by atoms with E-state index in [1.54, 1.807) is 49.6 Å². The van der Waals surface area contributed by atoms with E-state index in [1.165, 1.54) is 15.6 Å². The number of carbonyl (C=O) groups excluding carboxylic acids is 2. The summed E-state index contributed by atoms with van der Waals surface area (Å²) in [5.41, 5.74) is 2.60. The predicted octanol–water partition coefficient (Wildman–Crippen LogP) is 4.21. The molecule has 0 saturated heterocycles. The molecule has 2 aromatic carbocycles. The molecule has 4 rings (SSSR count). The Balaban J connectivity index is 1.77. The lowest BCUT2D eigenvalue weighted by atomic mass is 10.0. The standard InChI is InChI=1S/C27H29FN6O2/c1-18(2)10-15-30-27(36)26(20-11-13-29-14-12-20)34(21-9-8-19(3)22(28)16-21)25(35)17-33-24-7-5-4-6-23(24)31-32-33/h4-9,11-14,16,18,26H,10,15,17H2,1-3H3,(H,30,36). The van der Waals surface area contributed by atoms with Crippen molar-refractivity contribution in [3.05, 3.63) is 83.9 Å². The maximum absolute atomic E-state index is 14.7. The van der Waals surface area contributed by atoms with Gasteiger partial charge in [-0.1, -0.05) is 37.3 Å². The van der Waals surface area contributed by atoms with Crippen molar-refractivity contribution in [2.45, 2.75) is 39.8 Å². The van der Waals surface area contributed by atoms with Crippen LogP contribution in [0.25, 0.3) is 11.0 Å². The summed E-state index contributed by atoms with van der Waals surface area (Å²) in [6, 6.07) is 14.1. The molecule has 186 valence electrons. The molecule has 0 bridgehead atoms. The molecule has 2 aromatic heterocycles. The van der Waals surface area contributed by atoms with E-state index >= 15 is 0 Å². The molecule has 36 heavy (non-hydrogen) atoms. The van der Waals surface area contributed by atoms with Gasteiger partial charge < -0.3 is 5.32 Å². The summed E-state index contributed by atoms with van der Waals surface area (Å²) in [6.45, 7) is 6.05. The van der Waals surface area contributed by atoms with E-state index in [0.29, 0.717) is 34.6 Å². The van der Waals surface area contributed by atoms with Crippen molar-refractivity contribution in [2.24, 2.45) is 5.92 Å². The maximum Gasteiger partial charge on any atom is 0.249 e. The Morgan fingerprint density at radius 1 is 1.08 bits per heavy atom. The highest BCUT2D eigenvalue weighted by atomic mass is 19.1. The van der Waals surface area contributed by atoms with Crippen LogP contribution in [-0.4, -0.2) is 38.3 Å². The molecule has 0 aliphatic carbocycles. The topological polar surface area (TPSA) is 93.0 Å². The van der Waals surface area contributed by atoms with E-state index in [1.807, 2.05) is 18.2 Å². The van der Waals surface area contributed by atoms with Crippen LogP contribution in [0.4, 0.5) is 10.1 Å². The lowest BCUT2D eigenvalue weighted by Crippen LogP contribution is -2.45. The fourth-order valence-corrected chi connectivity index (χ4v) is 3.95. The Bertz CT molecular complexity index is 1350. The first-order valence-electron chi connectivity index (χ1n) is 11.9. The van der Waals surface area contributed by atoms with Crippen molar-refractivity contribution < 1.29 is 14.0 Å². The van der Waals surface area contributed by atoms with E-state index in [9.17, 15) is 14.0 Å². The molecule has 0 radical (unpaired) electrons. The number of hydrogen-bond acceptors (Lipinski definition) is 5. The molecule has 0 spiro atoms. The lowest BCUT2D eigenvalue weighted by Gasteiger charge is -2.31. The van der Waals surface area contributed by atoms with Gasteiger partial charge in [0.2, 0.25) is 11.8 Å². The molecule has 2 heterocycles. The third-order valence-corrected chi connectivity index (χ3v) is 5.96. The van der Waals surface area contributed by atoms with Crippen molar-refractivity contribution >= 4 is 28.5 Å². The van der Waals surface area contributed by atoms with Gasteiger partial charge in [-0.15, -0.1) is 5.10 Å². The molecular formula is C27H29FN6O2. The summed E-state index contributed by atoms with van der Waals surface area (Å²) in [4.78, 5) is 32.8. The SMILES string of the molecule is Cc1ccc(N(C(=O)Cn2nnc3ccccc32)C(C(=O)NCCC(C)C)c2ccncc2)cc1F. The number of carbonyl (C=O) groups is 2. The number of amides is 2. The summed E-state index contributed by atoms with van der Waals surface area (Å²) in [5.74, 6) is -0.867. The second-order valence-corrected chi connectivity index (χ2v) is 9.09. The maximum atomic E-state index is 14.7. The number of aryl methyl sites for hydroxylation is 1. The van der Waals surface area contributed by atoms with Crippen molar-refractivity contribution in [1.82, 2.24) is 25.3 Å². The number of halogens is 1. The van der Waals surface area contributed by atoms with E-state index < -0.39 is 17.8 Å². The van der Waals surface area contributed by atoms with Gasteiger partial charge in [-0.3, -0.25) is 19.5 Å². The number of nitrogens with zero attached hydrogens (tertiary/aromatic N) is 5. The van der Waals surface area contributed by atoms with Crippen molar-refractivity contribution in [1.29, 1.82) is 0 Å². The smallest absolute Gasteiger partial charge is 0.249 e. The van der Waals surface area contributed by atoms with Crippen LogP contribution >= 0.6 is 0 Å². The number of nitrogens with one attached hydrogen (secondary N) is 1. The second-order valence-electron chi connectivity index (χ2n) is 9.09. The monoisotopic (exact) mass is 488 g/mol.